The lowest BCUT2D eigenvalue weighted by Crippen LogP contribution is -2.37. The SMILES string of the molecule is CCN(CC1CCCO1)S(=O)(=O)c1ccccc1CO. The topological polar surface area (TPSA) is 66.8 Å². The van der Waals surface area contributed by atoms with E-state index in [0.717, 1.165) is 12.8 Å². The molecule has 1 N–H and O–H groups in total. The summed E-state index contributed by atoms with van der Waals surface area (Å²) in [6.07, 6.45) is 1.86. The molecule has 0 amide bonds. The molecule has 1 saturated heterocycles. The van der Waals surface area contributed by atoms with Crippen LogP contribution in [-0.2, 0) is 21.4 Å². The van der Waals surface area contributed by atoms with E-state index in [0.29, 0.717) is 25.3 Å². The van der Waals surface area contributed by atoms with Crippen LogP contribution < -0.4 is 0 Å². The normalized spacial score (nSPS) is 19.6. The Bertz CT molecular complexity index is 538. The maximum Gasteiger partial charge on any atom is 0.243 e. The van der Waals surface area contributed by atoms with E-state index in [9.17, 15) is 13.5 Å². The highest BCUT2D eigenvalue weighted by molar-refractivity contribution is 7.89. The molecule has 1 fully saturated rings. The maximum absolute atomic E-state index is 12.7. The van der Waals surface area contributed by atoms with Gasteiger partial charge in [-0.2, -0.15) is 4.31 Å². The number of sulfonamides is 1. The van der Waals surface area contributed by atoms with Crippen molar-refractivity contribution in [1.29, 1.82) is 0 Å². The Morgan fingerprint density at radius 3 is 2.75 bits per heavy atom. The Kier molecular flexibility index (Phi) is 5.15. The molecule has 1 aromatic rings. The first-order chi connectivity index (χ1) is 9.59. The predicted octanol–water partition coefficient (Wildman–Crippen LogP) is 1.37. The van der Waals surface area contributed by atoms with Gasteiger partial charge in [-0.15, -0.1) is 0 Å². The van der Waals surface area contributed by atoms with Crippen LogP contribution in [0.1, 0.15) is 25.3 Å². The minimum absolute atomic E-state index is 0.0222. The molecule has 1 aliphatic heterocycles. The minimum atomic E-state index is -3.59. The standard InChI is InChI=1S/C14H21NO4S/c1-2-15(10-13-7-5-9-19-13)20(17,18)14-8-4-3-6-12(14)11-16/h3-4,6,8,13,16H,2,5,7,9-11H2,1H3. The third-order valence-electron chi connectivity index (χ3n) is 3.54. The van der Waals surface area contributed by atoms with Crippen LogP contribution in [0.15, 0.2) is 29.2 Å². The maximum atomic E-state index is 12.7. The fraction of sp³-hybridized carbons (Fsp3) is 0.571. The van der Waals surface area contributed by atoms with Gasteiger partial charge in [0.15, 0.2) is 0 Å². The van der Waals surface area contributed by atoms with Crippen molar-refractivity contribution in [2.45, 2.75) is 37.4 Å². The molecule has 0 aromatic heterocycles. The minimum Gasteiger partial charge on any atom is -0.392 e. The van der Waals surface area contributed by atoms with Crippen LogP contribution in [0.25, 0.3) is 0 Å². The summed E-state index contributed by atoms with van der Waals surface area (Å²) in [5, 5.41) is 9.31. The number of benzene rings is 1. The van der Waals surface area contributed by atoms with Crippen LogP contribution in [0, 0.1) is 0 Å². The molecule has 0 spiro atoms. The average Bonchev–Trinajstić information content (AvgIpc) is 2.97. The lowest BCUT2D eigenvalue weighted by molar-refractivity contribution is 0.0946. The number of hydrogen-bond acceptors (Lipinski definition) is 4. The molecule has 0 radical (unpaired) electrons. The number of ether oxygens (including phenoxy) is 1. The zero-order valence-corrected chi connectivity index (χ0v) is 12.5. The third kappa shape index (κ3) is 3.20. The van der Waals surface area contributed by atoms with E-state index in [1.807, 2.05) is 6.92 Å². The number of aliphatic hydroxyl groups excluding tert-OH is 1. The molecule has 20 heavy (non-hydrogen) atoms. The van der Waals surface area contributed by atoms with E-state index in [1.165, 1.54) is 4.31 Å². The number of aliphatic hydroxyl groups is 1. The van der Waals surface area contributed by atoms with E-state index in [-0.39, 0.29) is 17.6 Å². The van der Waals surface area contributed by atoms with Gasteiger partial charge >= 0.3 is 0 Å². The van der Waals surface area contributed by atoms with Crippen LogP contribution in [-0.4, -0.2) is 43.6 Å². The number of rotatable bonds is 6. The van der Waals surface area contributed by atoms with Crippen LogP contribution in [0.3, 0.4) is 0 Å². The summed E-state index contributed by atoms with van der Waals surface area (Å²) < 4.78 is 32.3. The molecule has 1 atom stereocenters. The Morgan fingerprint density at radius 2 is 2.15 bits per heavy atom. The van der Waals surface area contributed by atoms with Crippen molar-refractivity contribution in [2.24, 2.45) is 0 Å². The first kappa shape index (κ1) is 15.4. The summed E-state index contributed by atoms with van der Waals surface area (Å²) >= 11 is 0. The highest BCUT2D eigenvalue weighted by atomic mass is 32.2. The van der Waals surface area contributed by atoms with Gasteiger partial charge in [0.1, 0.15) is 0 Å². The summed E-state index contributed by atoms with van der Waals surface area (Å²) in [6, 6.07) is 6.57. The molecule has 0 saturated carbocycles. The summed E-state index contributed by atoms with van der Waals surface area (Å²) in [7, 11) is -3.59. The van der Waals surface area contributed by atoms with E-state index in [2.05, 4.69) is 0 Å². The second-order valence-electron chi connectivity index (χ2n) is 4.86. The highest BCUT2D eigenvalue weighted by Gasteiger charge is 2.29. The van der Waals surface area contributed by atoms with Gasteiger partial charge in [-0.25, -0.2) is 8.42 Å². The molecule has 1 aromatic carbocycles. The lowest BCUT2D eigenvalue weighted by Gasteiger charge is -2.24. The van der Waals surface area contributed by atoms with Gasteiger partial charge in [-0.1, -0.05) is 25.1 Å². The van der Waals surface area contributed by atoms with Crippen molar-refractivity contribution >= 4 is 10.0 Å². The van der Waals surface area contributed by atoms with Crippen molar-refractivity contribution in [3.05, 3.63) is 29.8 Å². The third-order valence-corrected chi connectivity index (χ3v) is 5.59. The fourth-order valence-corrected chi connectivity index (χ4v) is 4.13. The Hall–Kier alpha value is -0.950. The van der Waals surface area contributed by atoms with Gasteiger partial charge < -0.3 is 9.84 Å². The monoisotopic (exact) mass is 299 g/mol. The summed E-state index contributed by atoms with van der Waals surface area (Å²) in [5.74, 6) is 0. The van der Waals surface area contributed by atoms with Crippen LogP contribution in [0.5, 0.6) is 0 Å². The van der Waals surface area contributed by atoms with E-state index in [4.69, 9.17) is 4.74 Å². The Morgan fingerprint density at radius 1 is 1.40 bits per heavy atom. The largest absolute Gasteiger partial charge is 0.392 e. The Labute approximate surface area is 120 Å². The first-order valence-electron chi connectivity index (χ1n) is 6.90. The van der Waals surface area contributed by atoms with E-state index < -0.39 is 10.0 Å². The van der Waals surface area contributed by atoms with Crippen LogP contribution in [0.2, 0.25) is 0 Å². The lowest BCUT2D eigenvalue weighted by atomic mass is 10.2. The van der Waals surface area contributed by atoms with Crippen molar-refractivity contribution in [2.75, 3.05) is 19.7 Å². The number of hydrogen-bond donors (Lipinski definition) is 1. The van der Waals surface area contributed by atoms with Crippen molar-refractivity contribution < 1.29 is 18.3 Å². The van der Waals surface area contributed by atoms with Crippen LogP contribution >= 0.6 is 0 Å². The molecular formula is C14H21NO4S. The smallest absolute Gasteiger partial charge is 0.243 e. The molecule has 5 nitrogen and oxygen atoms in total. The quantitative estimate of drug-likeness (QED) is 0.861. The average molecular weight is 299 g/mol. The van der Waals surface area contributed by atoms with Gasteiger partial charge in [0.2, 0.25) is 10.0 Å². The second kappa shape index (κ2) is 6.67. The highest BCUT2D eigenvalue weighted by Crippen LogP contribution is 2.22. The second-order valence-corrected chi connectivity index (χ2v) is 6.76. The predicted molar refractivity (Wildman–Crippen MR) is 75.8 cm³/mol. The van der Waals surface area contributed by atoms with Crippen molar-refractivity contribution in [3.63, 3.8) is 0 Å². The van der Waals surface area contributed by atoms with E-state index >= 15 is 0 Å². The summed E-state index contributed by atoms with van der Waals surface area (Å²) in [5.41, 5.74) is 0.429. The van der Waals surface area contributed by atoms with Crippen molar-refractivity contribution in [1.82, 2.24) is 4.31 Å². The number of nitrogens with zero attached hydrogens (tertiary/aromatic N) is 1. The molecule has 1 heterocycles. The molecule has 0 bridgehead atoms. The number of likely N-dealkylation sites (N-methyl/N-ethyl adjacent to an activating group) is 1. The zero-order chi connectivity index (χ0) is 14.6. The molecule has 0 aliphatic carbocycles. The molecule has 1 aliphatic rings. The van der Waals surface area contributed by atoms with E-state index in [1.54, 1.807) is 24.3 Å². The van der Waals surface area contributed by atoms with Crippen molar-refractivity contribution in [3.8, 4) is 0 Å². The van der Waals surface area contributed by atoms with Gasteiger partial charge in [0.05, 0.1) is 17.6 Å². The molecule has 1 unspecified atom stereocenters. The molecule has 6 heteroatoms. The fourth-order valence-electron chi connectivity index (χ4n) is 2.44. The molecular weight excluding hydrogens is 278 g/mol. The van der Waals surface area contributed by atoms with Gasteiger partial charge in [0, 0.05) is 19.7 Å². The Balaban J connectivity index is 2.26. The summed E-state index contributed by atoms with van der Waals surface area (Å²) in [4.78, 5) is 0.183. The van der Waals surface area contributed by atoms with Gasteiger partial charge in [0.25, 0.3) is 0 Å². The zero-order valence-electron chi connectivity index (χ0n) is 11.7. The van der Waals surface area contributed by atoms with Crippen LogP contribution in [0.4, 0.5) is 0 Å². The van der Waals surface area contributed by atoms with Gasteiger partial charge in [-0.05, 0) is 24.5 Å². The molecule has 112 valence electrons. The first-order valence-corrected chi connectivity index (χ1v) is 8.34. The molecule has 2 rings (SSSR count). The van der Waals surface area contributed by atoms with Gasteiger partial charge in [-0.3, -0.25) is 0 Å². The summed E-state index contributed by atoms with van der Waals surface area (Å²) in [6.45, 7) is 3.00.